The summed E-state index contributed by atoms with van der Waals surface area (Å²) in [5.74, 6) is -0.837. The van der Waals surface area contributed by atoms with Crippen LogP contribution in [-0.4, -0.2) is 60.2 Å². The van der Waals surface area contributed by atoms with Crippen LogP contribution in [0.3, 0.4) is 0 Å². The molecule has 9 heteroatoms. The van der Waals surface area contributed by atoms with Crippen LogP contribution in [0.2, 0.25) is 0 Å². The Morgan fingerprint density at radius 1 is 1.39 bits per heavy atom. The number of fused-ring (bicyclic) bond motifs is 1. The molecule has 3 fully saturated rings. The number of carbonyl (C=O) groups excluding carboxylic acids is 4. The highest BCUT2D eigenvalue weighted by molar-refractivity contribution is 5.93. The Morgan fingerprint density at radius 3 is 2.58 bits per heavy atom. The molecule has 0 bridgehead atoms. The van der Waals surface area contributed by atoms with E-state index in [1.54, 1.807) is 4.90 Å². The van der Waals surface area contributed by atoms with Crippen molar-refractivity contribution in [2.45, 2.75) is 65.6 Å². The van der Waals surface area contributed by atoms with Crippen molar-refractivity contribution in [1.29, 1.82) is 5.26 Å². The fourth-order valence-corrected chi connectivity index (χ4v) is 5.29. The number of rotatable bonds is 7. The van der Waals surface area contributed by atoms with Gasteiger partial charge in [-0.2, -0.15) is 5.26 Å². The molecule has 6 atom stereocenters. The van der Waals surface area contributed by atoms with Gasteiger partial charge in [-0.15, -0.1) is 0 Å². The van der Waals surface area contributed by atoms with Crippen LogP contribution >= 0.6 is 0 Å². The molecule has 0 aromatic heterocycles. The third-order valence-electron chi connectivity index (χ3n) is 7.26. The highest BCUT2D eigenvalue weighted by Crippen LogP contribution is 2.65. The monoisotopic (exact) mass is 431 g/mol. The van der Waals surface area contributed by atoms with E-state index >= 15 is 0 Å². The molecule has 0 spiro atoms. The number of hydrogen-bond acceptors (Lipinski definition) is 5. The first-order valence-corrected chi connectivity index (χ1v) is 10.9. The Morgan fingerprint density at radius 2 is 2.06 bits per heavy atom. The lowest BCUT2D eigenvalue weighted by atomic mass is 9.85. The summed E-state index contributed by atoms with van der Waals surface area (Å²) < 4.78 is 0. The zero-order chi connectivity index (χ0) is 23.1. The third-order valence-corrected chi connectivity index (χ3v) is 7.26. The number of amides is 4. The lowest BCUT2D eigenvalue weighted by Crippen LogP contribution is -2.58. The summed E-state index contributed by atoms with van der Waals surface area (Å²) in [4.78, 5) is 51.2. The predicted octanol–water partition coefficient (Wildman–Crippen LogP) is 0.165. The Kier molecular flexibility index (Phi) is 6.05. The van der Waals surface area contributed by atoms with Gasteiger partial charge in [0.1, 0.15) is 18.1 Å². The normalized spacial score (nSPS) is 30.5. The summed E-state index contributed by atoms with van der Waals surface area (Å²) in [5.41, 5.74) is -0.589. The van der Waals surface area contributed by atoms with E-state index in [0.717, 1.165) is 0 Å². The Bertz CT molecular complexity index is 812. The quantitative estimate of drug-likeness (QED) is 0.494. The summed E-state index contributed by atoms with van der Waals surface area (Å²) in [7, 11) is 0. The van der Waals surface area contributed by atoms with Gasteiger partial charge in [0.2, 0.25) is 24.1 Å². The van der Waals surface area contributed by atoms with Crippen molar-refractivity contribution < 1.29 is 19.2 Å². The molecule has 3 N–H and O–H groups in total. The molecule has 0 radical (unpaired) electrons. The molecular formula is C22H33N5O4. The molecule has 0 aromatic carbocycles. The van der Waals surface area contributed by atoms with Crippen molar-refractivity contribution in [1.82, 2.24) is 20.9 Å². The smallest absolute Gasteiger partial charge is 0.246 e. The molecule has 1 aliphatic carbocycles. The van der Waals surface area contributed by atoms with E-state index in [1.165, 1.54) is 0 Å². The number of likely N-dealkylation sites (tertiary alicyclic amines) is 1. The van der Waals surface area contributed by atoms with Crippen LogP contribution in [0.25, 0.3) is 0 Å². The number of nitrogens with zero attached hydrogens (tertiary/aromatic N) is 2. The molecule has 4 amide bonds. The topological polar surface area (TPSA) is 131 Å². The van der Waals surface area contributed by atoms with Gasteiger partial charge in [0.05, 0.1) is 6.07 Å². The fourth-order valence-electron chi connectivity index (χ4n) is 5.29. The van der Waals surface area contributed by atoms with Gasteiger partial charge in [-0.1, -0.05) is 34.6 Å². The van der Waals surface area contributed by atoms with Crippen LogP contribution in [0.1, 0.15) is 47.5 Å². The minimum Gasteiger partial charge on any atom is -0.356 e. The summed E-state index contributed by atoms with van der Waals surface area (Å²) in [6.07, 6.45) is 1.41. The maximum absolute atomic E-state index is 13.4. The zero-order valence-electron chi connectivity index (χ0n) is 18.9. The molecule has 2 saturated heterocycles. The molecule has 0 aromatic rings. The van der Waals surface area contributed by atoms with E-state index < -0.39 is 23.5 Å². The summed E-state index contributed by atoms with van der Waals surface area (Å²) in [6, 6.07) is -0.160. The molecule has 9 nitrogen and oxygen atoms in total. The standard InChI is InChI=1S/C22H33N5O4/c1-21(2,3)17(25-11-28)20(31)27-10-14-15(22(14,4)5)16(27)19(30)26-13(9-23)8-12-6-7-24-18(12)29/h11-17H,6-8,10H2,1-5H3,(H,24,29)(H,25,28)(H,26,30). The van der Waals surface area contributed by atoms with Gasteiger partial charge in [0.15, 0.2) is 0 Å². The van der Waals surface area contributed by atoms with Gasteiger partial charge in [-0.25, -0.2) is 0 Å². The van der Waals surface area contributed by atoms with E-state index in [4.69, 9.17) is 0 Å². The highest BCUT2D eigenvalue weighted by atomic mass is 16.2. The van der Waals surface area contributed by atoms with Crippen LogP contribution in [0.15, 0.2) is 0 Å². The average molecular weight is 432 g/mol. The van der Waals surface area contributed by atoms with Crippen LogP contribution in [0, 0.1) is 39.9 Å². The molecule has 2 heterocycles. The van der Waals surface area contributed by atoms with Crippen molar-refractivity contribution in [2.24, 2.45) is 28.6 Å². The third kappa shape index (κ3) is 4.25. The number of nitrogens with one attached hydrogen (secondary N) is 3. The minimum atomic E-state index is -0.800. The van der Waals surface area contributed by atoms with Crippen molar-refractivity contribution in [2.75, 3.05) is 13.1 Å². The minimum absolute atomic E-state index is 0.00224. The second-order valence-electron chi connectivity index (χ2n) is 10.7. The van der Waals surface area contributed by atoms with E-state index in [0.29, 0.717) is 25.9 Å². The van der Waals surface area contributed by atoms with Gasteiger partial charge >= 0.3 is 0 Å². The molecule has 31 heavy (non-hydrogen) atoms. The van der Waals surface area contributed by atoms with E-state index in [9.17, 15) is 24.4 Å². The van der Waals surface area contributed by atoms with Gasteiger partial charge in [-0.05, 0) is 35.5 Å². The fraction of sp³-hybridized carbons (Fsp3) is 0.773. The van der Waals surface area contributed by atoms with Crippen LogP contribution in [0.5, 0.6) is 0 Å². The SMILES string of the molecule is CC(C)(C)C(NC=O)C(=O)N1CC2C(C1C(=O)NC(C#N)CC1CCNC1=O)C2(C)C. The van der Waals surface area contributed by atoms with Gasteiger partial charge < -0.3 is 20.9 Å². The summed E-state index contributed by atoms with van der Waals surface area (Å²) in [5, 5.41) is 17.7. The van der Waals surface area contributed by atoms with Crippen molar-refractivity contribution in [3.05, 3.63) is 0 Å². The Labute approximate surface area is 183 Å². The molecular weight excluding hydrogens is 398 g/mol. The van der Waals surface area contributed by atoms with Gasteiger partial charge in [-0.3, -0.25) is 19.2 Å². The van der Waals surface area contributed by atoms with E-state index in [-0.39, 0.29) is 47.3 Å². The lowest BCUT2D eigenvalue weighted by Gasteiger charge is -2.37. The maximum atomic E-state index is 13.4. The van der Waals surface area contributed by atoms with E-state index in [1.807, 2.05) is 20.8 Å². The molecule has 6 unspecified atom stereocenters. The maximum Gasteiger partial charge on any atom is 0.246 e. The number of nitriles is 1. The summed E-state index contributed by atoms with van der Waals surface area (Å²) in [6.45, 7) is 10.8. The van der Waals surface area contributed by atoms with E-state index in [2.05, 4.69) is 35.9 Å². The lowest BCUT2D eigenvalue weighted by molar-refractivity contribution is -0.144. The average Bonchev–Trinajstić information content (AvgIpc) is 3.05. The Hall–Kier alpha value is -2.63. The Balaban J connectivity index is 1.77. The highest BCUT2D eigenvalue weighted by Gasteiger charge is 2.69. The molecule has 3 aliphatic rings. The second kappa shape index (κ2) is 8.13. The summed E-state index contributed by atoms with van der Waals surface area (Å²) >= 11 is 0. The largest absolute Gasteiger partial charge is 0.356 e. The number of carbonyl (C=O) groups is 4. The number of hydrogen-bond donors (Lipinski definition) is 3. The van der Waals surface area contributed by atoms with Crippen LogP contribution in [0.4, 0.5) is 0 Å². The van der Waals surface area contributed by atoms with Crippen molar-refractivity contribution >= 4 is 24.1 Å². The predicted molar refractivity (Wildman–Crippen MR) is 112 cm³/mol. The molecule has 2 aliphatic heterocycles. The van der Waals surface area contributed by atoms with Gasteiger partial charge in [0, 0.05) is 19.0 Å². The first-order valence-electron chi connectivity index (χ1n) is 10.9. The van der Waals surface area contributed by atoms with Crippen LogP contribution < -0.4 is 16.0 Å². The van der Waals surface area contributed by atoms with Crippen molar-refractivity contribution in [3.63, 3.8) is 0 Å². The zero-order valence-corrected chi connectivity index (χ0v) is 18.9. The number of piperidine rings is 1. The second-order valence-corrected chi connectivity index (χ2v) is 10.7. The first kappa shape index (κ1) is 23.0. The molecule has 1 saturated carbocycles. The van der Waals surface area contributed by atoms with Crippen molar-refractivity contribution in [3.8, 4) is 6.07 Å². The molecule has 170 valence electrons. The first-order chi connectivity index (χ1) is 14.4. The van der Waals surface area contributed by atoms with Gasteiger partial charge in [0.25, 0.3) is 0 Å². The molecule has 3 rings (SSSR count). The van der Waals surface area contributed by atoms with Crippen LogP contribution in [-0.2, 0) is 19.2 Å².